The summed E-state index contributed by atoms with van der Waals surface area (Å²) >= 11 is 0. The summed E-state index contributed by atoms with van der Waals surface area (Å²) < 4.78 is 38.4. The van der Waals surface area contributed by atoms with Crippen molar-refractivity contribution in [3.8, 4) is 22.6 Å². The maximum absolute atomic E-state index is 13.1. The van der Waals surface area contributed by atoms with E-state index in [1.807, 2.05) is 48.5 Å². The molecule has 5 rings (SSSR count). The fraction of sp³-hybridized carbons (Fsp3) is 0.647. The first-order valence-corrected chi connectivity index (χ1v) is 31.5. The number of esters is 6. The van der Waals surface area contributed by atoms with Gasteiger partial charge in [0.05, 0.1) is 51.5 Å². The molecule has 0 atom stereocenters. The maximum Gasteiger partial charge on any atom is 0.314 e. The lowest BCUT2D eigenvalue weighted by Crippen LogP contribution is -2.29. The number of hydrogen-bond donors (Lipinski definition) is 0. The Morgan fingerprint density at radius 3 is 1.23 bits per heavy atom. The van der Waals surface area contributed by atoms with Gasteiger partial charge in [0.15, 0.2) is 0 Å². The molecule has 2 aliphatic carbocycles. The molecular formula is C68H98O13. The summed E-state index contributed by atoms with van der Waals surface area (Å²) in [6.45, 7) is 6.71. The molecule has 0 N–H and O–H groups in total. The van der Waals surface area contributed by atoms with Crippen molar-refractivity contribution in [1.82, 2.24) is 0 Å². The molecule has 448 valence electrons. The predicted octanol–water partition coefficient (Wildman–Crippen LogP) is 15.8. The van der Waals surface area contributed by atoms with Crippen molar-refractivity contribution in [1.29, 1.82) is 0 Å². The first-order chi connectivity index (χ1) is 39.6. The van der Waals surface area contributed by atoms with Gasteiger partial charge in [-0.05, 0) is 214 Å². The smallest absolute Gasteiger partial charge is 0.314 e. The van der Waals surface area contributed by atoms with Crippen LogP contribution in [0.25, 0.3) is 11.1 Å². The summed E-state index contributed by atoms with van der Waals surface area (Å²) in [4.78, 5) is 74.3. The molecule has 0 radical (unpaired) electrons. The number of carbonyl (C=O) groups is 6. The zero-order chi connectivity index (χ0) is 57.5. The quantitative estimate of drug-likeness (QED) is 0.0228. The average molecular weight is 1120 g/mol. The molecule has 3 aromatic rings. The van der Waals surface area contributed by atoms with Crippen LogP contribution in [0.3, 0.4) is 0 Å². The Kier molecular flexibility index (Phi) is 33.0. The third-order valence-corrected chi connectivity index (χ3v) is 16.0. The monoisotopic (exact) mass is 1120 g/mol. The zero-order valence-corrected chi connectivity index (χ0v) is 49.4. The Hall–Kier alpha value is -5.72. The van der Waals surface area contributed by atoms with Crippen LogP contribution in [0.4, 0.5) is 0 Å². The van der Waals surface area contributed by atoms with Gasteiger partial charge >= 0.3 is 35.8 Å². The fourth-order valence-corrected chi connectivity index (χ4v) is 10.8. The molecule has 0 bridgehead atoms. The molecule has 0 aromatic heterocycles. The normalized spacial score (nSPS) is 16.9. The van der Waals surface area contributed by atoms with Crippen LogP contribution >= 0.6 is 0 Å². The van der Waals surface area contributed by atoms with Crippen LogP contribution in [0.1, 0.15) is 229 Å². The van der Waals surface area contributed by atoms with Crippen molar-refractivity contribution >= 4 is 35.8 Å². The van der Waals surface area contributed by atoms with E-state index in [1.165, 1.54) is 62.5 Å². The summed E-state index contributed by atoms with van der Waals surface area (Å²) in [5, 5.41) is 0. The van der Waals surface area contributed by atoms with Crippen LogP contribution in [0, 0.1) is 24.7 Å². The second kappa shape index (κ2) is 40.5. The van der Waals surface area contributed by atoms with E-state index < -0.39 is 0 Å². The van der Waals surface area contributed by atoms with Crippen molar-refractivity contribution < 1.29 is 61.9 Å². The molecule has 0 amide bonds. The highest BCUT2D eigenvalue weighted by Gasteiger charge is 2.32. The third-order valence-electron chi connectivity index (χ3n) is 16.0. The molecule has 2 fully saturated rings. The maximum atomic E-state index is 13.1. The predicted molar refractivity (Wildman–Crippen MR) is 316 cm³/mol. The minimum Gasteiger partial charge on any atom is -0.494 e. The summed E-state index contributed by atoms with van der Waals surface area (Å²) in [5.41, 5.74) is 4.90. The van der Waals surface area contributed by atoms with Crippen LogP contribution in [0.5, 0.6) is 11.5 Å². The number of hydrogen-bond acceptors (Lipinski definition) is 13. The van der Waals surface area contributed by atoms with Crippen LogP contribution in [-0.2, 0) is 52.5 Å². The lowest BCUT2D eigenvalue weighted by Gasteiger charge is -2.29. The van der Waals surface area contributed by atoms with Gasteiger partial charge in [-0.1, -0.05) is 86.7 Å². The Balaban J connectivity index is 0.742. The lowest BCUT2D eigenvalue weighted by molar-refractivity contribution is -0.152. The number of ether oxygens (including phenoxy) is 7. The van der Waals surface area contributed by atoms with Crippen molar-refractivity contribution in [2.45, 2.75) is 225 Å². The fourth-order valence-electron chi connectivity index (χ4n) is 10.8. The van der Waals surface area contributed by atoms with Gasteiger partial charge in [0.1, 0.15) is 11.5 Å². The van der Waals surface area contributed by atoms with E-state index in [2.05, 4.69) is 38.1 Å². The highest BCUT2D eigenvalue weighted by Crippen LogP contribution is 2.39. The molecule has 13 nitrogen and oxygen atoms in total. The topological polar surface area (TPSA) is 167 Å². The first kappa shape index (κ1) is 66.1. The molecular weight excluding hydrogens is 1020 g/mol. The Morgan fingerprint density at radius 1 is 0.383 bits per heavy atom. The largest absolute Gasteiger partial charge is 0.494 e. The standard InChI is InChI=1S/C68H98O13/c1-3-4-11-22-54-29-31-55(32-30-54)56-33-35-57(36-34-56)58-41-45-62(46-42-58)81-68(74)60-39-37-59(38-40-60)67(73)80-52-21-10-15-26-66(72)79-51-20-9-14-25-65(71)78-50-19-8-13-24-64(70)77-49-18-7-12-23-63(69)76-48-17-6-5-16-47-75-61-43-27-53(2)28-44-61/h27-28,33-36,41-46,54-55,59-60H,3-26,29-32,37-40,47-52H2,1-2H3. The lowest BCUT2D eigenvalue weighted by atomic mass is 9.77. The zero-order valence-electron chi connectivity index (χ0n) is 49.4. The van der Waals surface area contributed by atoms with Gasteiger partial charge in [-0.2, -0.15) is 0 Å². The SMILES string of the molecule is CCCCCC1CCC(c2ccc(-c3ccc(OC(=O)C4CCC(C(=O)OCCCCCC(=O)OCCCCCC(=O)OCCCCCC(=O)OCCCCCC(=O)OCCCCCCOc5ccc(C)cc5)CC4)cc3)cc2)CC1. The van der Waals surface area contributed by atoms with Gasteiger partial charge in [-0.15, -0.1) is 0 Å². The number of unbranched alkanes of at least 4 members (excludes halogenated alkanes) is 13. The van der Waals surface area contributed by atoms with E-state index in [-0.39, 0.29) is 47.7 Å². The summed E-state index contributed by atoms with van der Waals surface area (Å²) in [5.74, 6) is 1.13. The number of benzene rings is 3. The van der Waals surface area contributed by atoms with Crippen molar-refractivity contribution in [2.24, 2.45) is 17.8 Å². The number of carbonyl (C=O) groups excluding carboxylic acids is 6. The third kappa shape index (κ3) is 28.7. The molecule has 13 heteroatoms. The number of aryl methyl sites for hydroxylation is 1. The van der Waals surface area contributed by atoms with E-state index in [9.17, 15) is 28.8 Å². The minimum absolute atomic E-state index is 0.182. The molecule has 81 heavy (non-hydrogen) atoms. The second-order valence-electron chi connectivity index (χ2n) is 22.7. The van der Waals surface area contributed by atoms with Crippen LogP contribution in [0.2, 0.25) is 0 Å². The minimum atomic E-state index is -0.256. The van der Waals surface area contributed by atoms with Gasteiger partial charge in [0.2, 0.25) is 0 Å². The first-order valence-electron chi connectivity index (χ1n) is 31.5. The van der Waals surface area contributed by atoms with E-state index in [4.69, 9.17) is 33.2 Å². The molecule has 2 saturated carbocycles. The van der Waals surface area contributed by atoms with Crippen LogP contribution in [-0.4, -0.2) is 75.5 Å². The summed E-state index contributed by atoms with van der Waals surface area (Å²) in [7, 11) is 0. The highest BCUT2D eigenvalue weighted by atomic mass is 16.6. The van der Waals surface area contributed by atoms with Gasteiger partial charge < -0.3 is 33.2 Å². The molecule has 0 aliphatic heterocycles. The summed E-state index contributed by atoms with van der Waals surface area (Å²) in [6.07, 6.45) is 26.6. The molecule has 0 heterocycles. The average Bonchev–Trinajstić information content (AvgIpc) is 3.51. The van der Waals surface area contributed by atoms with E-state index in [1.54, 1.807) is 0 Å². The van der Waals surface area contributed by atoms with Gasteiger partial charge in [-0.3, -0.25) is 28.8 Å². The van der Waals surface area contributed by atoms with Crippen LogP contribution in [0.15, 0.2) is 72.8 Å². The number of rotatable bonds is 41. The van der Waals surface area contributed by atoms with Crippen LogP contribution < -0.4 is 9.47 Å². The summed E-state index contributed by atoms with van der Waals surface area (Å²) in [6, 6.07) is 24.8. The van der Waals surface area contributed by atoms with Crippen molar-refractivity contribution in [3.63, 3.8) is 0 Å². The van der Waals surface area contributed by atoms with Gasteiger partial charge in [-0.25, -0.2) is 0 Å². The Morgan fingerprint density at radius 2 is 0.778 bits per heavy atom. The van der Waals surface area contributed by atoms with E-state index in [0.29, 0.717) is 154 Å². The molecule has 0 saturated heterocycles. The van der Waals surface area contributed by atoms with E-state index >= 15 is 0 Å². The van der Waals surface area contributed by atoms with E-state index in [0.717, 1.165) is 74.2 Å². The molecule has 2 aliphatic rings. The van der Waals surface area contributed by atoms with Gasteiger partial charge in [0, 0.05) is 25.7 Å². The molecule has 3 aromatic carbocycles. The molecule has 0 spiro atoms. The highest BCUT2D eigenvalue weighted by molar-refractivity contribution is 5.77. The second-order valence-corrected chi connectivity index (χ2v) is 22.7. The van der Waals surface area contributed by atoms with Crippen molar-refractivity contribution in [3.05, 3.63) is 83.9 Å². The Bertz CT molecular complexity index is 2220. The van der Waals surface area contributed by atoms with Gasteiger partial charge in [0.25, 0.3) is 0 Å². The van der Waals surface area contributed by atoms with Crippen molar-refractivity contribution in [2.75, 3.05) is 39.6 Å². The molecule has 0 unspecified atom stereocenters. The Labute approximate surface area is 485 Å².